The molecule has 15 heavy (non-hydrogen) atoms. The van der Waals surface area contributed by atoms with E-state index in [0.29, 0.717) is 18.0 Å². The summed E-state index contributed by atoms with van der Waals surface area (Å²) in [7, 11) is 3.39. The predicted molar refractivity (Wildman–Crippen MR) is 63.3 cm³/mol. The SMILES string of the molecule is COCCOCC(=O)N(C)CCC(C)Br. The van der Waals surface area contributed by atoms with Crippen LogP contribution < -0.4 is 0 Å². The molecular weight excluding hydrogens is 262 g/mol. The van der Waals surface area contributed by atoms with Crippen molar-refractivity contribution in [3.63, 3.8) is 0 Å². The summed E-state index contributed by atoms with van der Waals surface area (Å²) >= 11 is 3.44. The lowest BCUT2D eigenvalue weighted by Crippen LogP contribution is -2.32. The number of hydrogen-bond donors (Lipinski definition) is 0. The number of nitrogens with zero attached hydrogens (tertiary/aromatic N) is 1. The summed E-state index contributed by atoms with van der Waals surface area (Å²) in [6.45, 7) is 3.93. The Kier molecular flexibility index (Phi) is 9.04. The third kappa shape index (κ3) is 8.84. The van der Waals surface area contributed by atoms with Gasteiger partial charge in [-0.1, -0.05) is 22.9 Å². The highest BCUT2D eigenvalue weighted by atomic mass is 79.9. The van der Waals surface area contributed by atoms with E-state index in [1.807, 2.05) is 0 Å². The fraction of sp³-hybridized carbons (Fsp3) is 0.900. The summed E-state index contributed by atoms with van der Waals surface area (Å²) in [5.74, 6) is 0.0132. The molecule has 1 unspecified atom stereocenters. The van der Waals surface area contributed by atoms with Crippen molar-refractivity contribution < 1.29 is 14.3 Å². The maximum atomic E-state index is 11.5. The van der Waals surface area contributed by atoms with Gasteiger partial charge in [-0.25, -0.2) is 0 Å². The van der Waals surface area contributed by atoms with Crippen molar-refractivity contribution in [3.8, 4) is 0 Å². The first-order valence-corrected chi connectivity index (χ1v) is 5.94. The predicted octanol–water partition coefficient (Wildman–Crippen LogP) is 1.28. The van der Waals surface area contributed by atoms with Crippen molar-refractivity contribution >= 4 is 21.8 Å². The van der Waals surface area contributed by atoms with E-state index in [9.17, 15) is 4.79 Å². The monoisotopic (exact) mass is 281 g/mol. The molecule has 0 aliphatic heterocycles. The van der Waals surface area contributed by atoms with E-state index < -0.39 is 0 Å². The summed E-state index contributed by atoms with van der Waals surface area (Å²) in [6.07, 6.45) is 0.945. The number of rotatable bonds is 8. The molecule has 1 atom stereocenters. The van der Waals surface area contributed by atoms with Crippen molar-refractivity contribution in [2.24, 2.45) is 0 Å². The third-order valence-electron chi connectivity index (χ3n) is 1.95. The van der Waals surface area contributed by atoms with Crippen LogP contribution in [0.15, 0.2) is 0 Å². The molecule has 0 saturated heterocycles. The zero-order chi connectivity index (χ0) is 11.7. The number of hydrogen-bond acceptors (Lipinski definition) is 3. The van der Waals surface area contributed by atoms with Gasteiger partial charge in [0.25, 0.3) is 0 Å². The molecule has 0 aliphatic carbocycles. The van der Waals surface area contributed by atoms with Gasteiger partial charge in [0, 0.05) is 25.5 Å². The first-order valence-electron chi connectivity index (χ1n) is 5.02. The number of halogens is 1. The molecule has 0 bridgehead atoms. The van der Waals surface area contributed by atoms with E-state index in [1.165, 1.54) is 0 Å². The highest BCUT2D eigenvalue weighted by Crippen LogP contribution is 2.03. The van der Waals surface area contributed by atoms with Gasteiger partial charge in [0.1, 0.15) is 6.61 Å². The van der Waals surface area contributed by atoms with Crippen molar-refractivity contribution in [2.45, 2.75) is 18.2 Å². The zero-order valence-corrected chi connectivity index (χ0v) is 11.2. The summed E-state index contributed by atoms with van der Waals surface area (Å²) in [6, 6.07) is 0. The van der Waals surface area contributed by atoms with Crippen LogP contribution in [-0.2, 0) is 14.3 Å². The summed E-state index contributed by atoms with van der Waals surface area (Å²) in [4.78, 5) is 13.6. The van der Waals surface area contributed by atoms with Crippen LogP contribution in [0.3, 0.4) is 0 Å². The molecule has 90 valence electrons. The van der Waals surface area contributed by atoms with Crippen LogP contribution >= 0.6 is 15.9 Å². The Bertz CT molecular complexity index is 176. The minimum absolute atomic E-state index is 0.0132. The molecule has 5 heteroatoms. The molecule has 0 radical (unpaired) electrons. The fourth-order valence-electron chi connectivity index (χ4n) is 0.908. The Morgan fingerprint density at radius 1 is 1.47 bits per heavy atom. The lowest BCUT2D eigenvalue weighted by Gasteiger charge is -2.17. The van der Waals surface area contributed by atoms with Gasteiger partial charge in [-0.15, -0.1) is 0 Å². The van der Waals surface area contributed by atoms with E-state index >= 15 is 0 Å². The number of ether oxygens (including phenoxy) is 2. The normalized spacial score (nSPS) is 12.5. The summed E-state index contributed by atoms with van der Waals surface area (Å²) in [5, 5.41) is 0. The lowest BCUT2D eigenvalue weighted by atomic mass is 10.3. The average molecular weight is 282 g/mol. The topological polar surface area (TPSA) is 38.8 Å². The first kappa shape index (κ1) is 14.9. The van der Waals surface area contributed by atoms with Gasteiger partial charge < -0.3 is 14.4 Å². The minimum Gasteiger partial charge on any atom is -0.382 e. The number of alkyl halides is 1. The van der Waals surface area contributed by atoms with E-state index in [-0.39, 0.29) is 12.5 Å². The second-order valence-corrected chi connectivity index (χ2v) is 4.99. The number of amides is 1. The van der Waals surface area contributed by atoms with Crippen LogP contribution in [-0.4, -0.2) is 56.2 Å². The maximum Gasteiger partial charge on any atom is 0.248 e. The van der Waals surface area contributed by atoms with Crippen LogP contribution in [0.1, 0.15) is 13.3 Å². The van der Waals surface area contributed by atoms with Crippen LogP contribution in [0.25, 0.3) is 0 Å². The molecular formula is C10H20BrNO3. The third-order valence-corrected chi connectivity index (χ3v) is 2.40. The Hall–Kier alpha value is -0.130. The quantitative estimate of drug-likeness (QED) is 0.497. The van der Waals surface area contributed by atoms with Crippen LogP contribution in [0.2, 0.25) is 0 Å². The Morgan fingerprint density at radius 3 is 2.67 bits per heavy atom. The van der Waals surface area contributed by atoms with E-state index in [4.69, 9.17) is 9.47 Å². The van der Waals surface area contributed by atoms with Gasteiger partial charge >= 0.3 is 0 Å². The minimum atomic E-state index is 0.0132. The van der Waals surface area contributed by atoms with Crippen molar-refractivity contribution in [3.05, 3.63) is 0 Å². The Balaban J connectivity index is 3.51. The van der Waals surface area contributed by atoms with Crippen molar-refractivity contribution in [1.29, 1.82) is 0 Å². The highest BCUT2D eigenvalue weighted by Gasteiger charge is 2.09. The van der Waals surface area contributed by atoms with Crippen LogP contribution in [0, 0.1) is 0 Å². The van der Waals surface area contributed by atoms with Gasteiger partial charge in [-0.2, -0.15) is 0 Å². The number of likely N-dealkylation sites (N-methyl/N-ethyl adjacent to an activating group) is 1. The molecule has 1 amide bonds. The molecule has 0 aliphatic rings. The molecule has 0 aromatic heterocycles. The standard InChI is InChI=1S/C10H20BrNO3/c1-9(11)4-5-12(2)10(13)8-15-7-6-14-3/h9H,4-8H2,1-3H3. The number of carbonyl (C=O) groups is 1. The number of methoxy groups -OCH3 is 1. The molecule has 0 rings (SSSR count). The van der Waals surface area contributed by atoms with E-state index in [1.54, 1.807) is 19.1 Å². The van der Waals surface area contributed by atoms with E-state index in [0.717, 1.165) is 13.0 Å². The molecule has 0 spiro atoms. The van der Waals surface area contributed by atoms with Crippen LogP contribution in [0.4, 0.5) is 0 Å². The average Bonchev–Trinajstić information content (AvgIpc) is 2.20. The second-order valence-electron chi connectivity index (χ2n) is 3.43. The van der Waals surface area contributed by atoms with Crippen LogP contribution in [0.5, 0.6) is 0 Å². The molecule has 4 nitrogen and oxygen atoms in total. The summed E-state index contributed by atoms with van der Waals surface area (Å²) in [5.41, 5.74) is 0. The lowest BCUT2D eigenvalue weighted by molar-refractivity contribution is -0.135. The fourth-order valence-corrected chi connectivity index (χ4v) is 1.11. The van der Waals surface area contributed by atoms with Crippen molar-refractivity contribution in [1.82, 2.24) is 4.90 Å². The Morgan fingerprint density at radius 2 is 2.13 bits per heavy atom. The van der Waals surface area contributed by atoms with Gasteiger partial charge in [0.2, 0.25) is 5.91 Å². The molecule has 0 N–H and O–H groups in total. The van der Waals surface area contributed by atoms with E-state index in [2.05, 4.69) is 22.9 Å². The number of carbonyl (C=O) groups excluding carboxylic acids is 1. The van der Waals surface area contributed by atoms with Gasteiger partial charge in [0.05, 0.1) is 13.2 Å². The van der Waals surface area contributed by atoms with Gasteiger partial charge in [-0.3, -0.25) is 4.79 Å². The molecule has 0 heterocycles. The first-order chi connectivity index (χ1) is 7.07. The molecule has 0 aromatic carbocycles. The molecule has 0 fully saturated rings. The highest BCUT2D eigenvalue weighted by molar-refractivity contribution is 9.09. The molecule has 0 aromatic rings. The maximum absolute atomic E-state index is 11.5. The Labute approximate surface area is 100 Å². The van der Waals surface area contributed by atoms with Crippen molar-refractivity contribution in [2.75, 3.05) is 40.5 Å². The van der Waals surface area contributed by atoms with Gasteiger partial charge in [0.15, 0.2) is 0 Å². The largest absolute Gasteiger partial charge is 0.382 e. The second kappa shape index (κ2) is 9.12. The molecule has 0 saturated carbocycles. The summed E-state index contributed by atoms with van der Waals surface area (Å²) < 4.78 is 9.94. The zero-order valence-electron chi connectivity index (χ0n) is 9.66. The van der Waals surface area contributed by atoms with Gasteiger partial charge in [-0.05, 0) is 6.42 Å². The smallest absolute Gasteiger partial charge is 0.248 e.